The Morgan fingerprint density at radius 3 is 2.69 bits per heavy atom. The van der Waals surface area contributed by atoms with Gasteiger partial charge in [-0.05, 0) is 64.5 Å². The van der Waals surface area contributed by atoms with Crippen LogP contribution in [0.1, 0.15) is 16.1 Å². The van der Waals surface area contributed by atoms with Gasteiger partial charge in [-0.15, -0.1) is 0 Å². The number of hydrogen-bond acceptors (Lipinski definition) is 4. The zero-order valence-electron chi connectivity index (χ0n) is 13.5. The van der Waals surface area contributed by atoms with Gasteiger partial charge in [0.2, 0.25) is 5.91 Å². The van der Waals surface area contributed by atoms with Crippen molar-refractivity contribution >= 4 is 45.3 Å². The summed E-state index contributed by atoms with van der Waals surface area (Å²) < 4.78 is 5.94. The number of amides is 2. The number of nitrogens with one attached hydrogen (secondary N) is 2. The highest BCUT2D eigenvalue weighted by molar-refractivity contribution is 9.10. The van der Waals surface area contributed by atoms with Gasteiger partial charge in [0.15, 0.2) is 0 Å². The molecule has 0 aliphatic heterocycles. The molecular weight excluding hydrogens is 398 g/mol. The molecule has 3 aromatic rings. The SMILES string of the molecule is O=C(/C=C/c1ccco1)Nc1cccc(C(=O)Nc2ccc(Br)cn2)c1. The number of carbonyl (C=O) groups excluding carboxylic acids is 2. The lowest BCUT2D eigenvalue weighted by Crippen LogP contribution is -2.14. The second-order valence-corrected chi connectivity index (χ2v) is 6.15. The lowest BCUT2D eigenvalue weighted by molar-refractivity contribution is -0.111. The van der Waals surface area contributed by atoms with Gasteiger partial charge in [-0.2, -0.15) is 0 Å². The Balaban J connectivity index is 1.64. The van der Waals surface area contributed by atoms with E-state index in [0.29, 0.717) is 22.8 Å². The number of benzene rings is 1. The van der Waals surface area contributed by atoms with Crippen LogP contribution in [-0.2, 0) is 4.79 Å². The largest absolute Gasteiger partial charge is 0.465 e. The van der Waals surface area contributed by atoms with Crippen LogP contribution < -0.4 is 10.6 Å². The standard InChI is InChI=1S/C19H14BrN3O3/c20-14-6-8-17(21-12-14)23-19(25)13-3-1-4-15(11-13)22-18(24)9-7-16-5-2-10-26-16/h1-12H,(H,22,24)(H,21,23,25)/b9-7+. The van der Waals surface area contributed by atoms with Crippen molar-refractivity contribution in [3.05, 3.63) is 82.9 Å². The summed E-state index contributed by atoms with van der Waals surface area (Å²) in [5, 5.41) is 5.40. The fourth-order valence-electron chi connectivity index (χ4n) is 2.10. The molecule has 0 fully saturated rings. The Kier molecular flexibility index (Phi) is 5.60. The Labute approximate surface area is 158 Å². The van der Waals surface area contributed by atoms with Crippen LogP contribution in [0.4, 0.5) is 11.5 Å². The highest BCUT2D eigenvalue weighted by atomic mass is 79.9. The maximum atomic E-state index is 12.3. The molecule has 0 spiro atoms. The number of anilines is 2. The Hall–Kier alpha value is -3.19. The smallest absolute Gasteiger partial charge is 0.256 e. The van der Waals surface area contributed by atoms with E-state index in [1.807, 2.05) is 0 Å². The number of hydrogen-bond donors (Lipinski definition) is 2. The van der Waals surface area contributed by atoms with E-state index in [2.05, 4.69) is 31.5 Å². The number of halogens is 1. The number of pyridine rings is 1. The molecule has 0 atom stereocenters. The third kappa shape index (κ3) is 4.90. The van der Waals surface area contributed by atoms with Crippen LogP contribution in [-0.4, -0.2) is 16.8 Å². The molecule has 130 valence electrons. The first-order valence-electron chi connectivity index (χ1n) is 7.66. The van der Waals surface area contributed by atoms with E-state index in [-0.39, 0.29) is 11.8 Å². The van der Waals surface area contributed by atoms with Gasteiger partial charge in [-0.1, -0.05) is 6.07 Å². The van der Waals surface area contributed by atoms with Crippen molar-refractivity contribution in [3.8, 4) is 0 Å². The Morgan fingerprint density at radius 2 is 1.96 bits per heavy atom. The third-order valence-electron chi connectivity index (χ3n) is 3.30. The third-order valence-corrected chi connectivity index (χ3v) is 3.77. The highest BCUT2D eigenvalue weighted by Crippen LogP contribution is 2.14. The summed E-state index contributed by atoms with van der Waals surface area (Å²) >= 11 is 3.29. The van der Waals surface area contributed by atoms with Crippen LogP contribution >= 0.6 is 15.9 Å². The summed E-state index contributed by atoms with van der Waals surface area (Å²) in [6, 6.07) is 13.6. The van der Waals surface area contributed by atoms with Crippen molar-refractivity contribution in [1.29, 1.82) is 0 Å². The number of nitrogens with zero attached hydrogens (tertiary/aromatic N) is 1. The van der Waals surface area contributed by atoms with Crippen LogP contribution in [0.3, 0.4) is 0 Å². The molecule has 0 unspecified atom stereocenters. The molecule has 0 aliphatic carbocycles. The predicted molar refractivity (Wildman–Crippen MR) is 103 cm³/mol. The van der Waals surface area contributed by atoms with Crippen molar-refractivity contribution in [2.24, 2.45) is 0 Å². The first-order valence-corrected chi connectivity index (χ1v) is 8.45. The number of carbonyl (C=O) groups is 2. The van der Waals surface area contributed by atoms with Gasteiger partial charge >= 0.3 is 0 Å². The van der Waals surface area contributed by atoms with E-state index in [1.54, 1.807) is 60.8 Å². The van der Waals surface area contributed by atoms with Gasteiger partial charge in [-0.3, -0.25) is 9.59 Å². The molecule has 2 aromatic heterocycles. The topological polar surface area (TPSA) is 84.2 Å². The minimum Gasteiger partial charge on any atom is -0.465 e. The van der Waals surface area contributed by atoms with Gasteiger partial charge in [0.25, 0.3) is 5.91 Å². The van der Waals surface area contributed by atoms with E-state index in [9.17, 15) is 9.59 Å². The summed E-state index contributed by atoms with van der Waals surface area (Å²) in [6.07, 6.45) is 6.04. The van der Waals surface area contributed by atoms with Crippen LogP contribution in [0.2, 0.25) is 0 Å². The molecule has 2 heterocycles. The van der Waals surface area contributed by atoms with Crippen LogP contribution in [0, 0.1) is 0 Å². The average Bonchev–Trinajstić information content (AvgIpc) is 3.16. The second kappa shape index (κ2) is 8.26. The van der Waals surface area contributed by atoms with Gasteiger partial charge in [0, 0.05) is 28.0 Å². The first-order chi connectivity index (χ1) is 12.6. The monoisotopic (exact) mass is 411 g/mol. The van der Waals surface area contributed by atoms with Crippen molar-refractivity contribution in [1.82, 2.24) is 4.98 Å². The molecule has 2 N–H and O–H groups in total. The molecule has 3 rings (SSSR count). The average molecular weight is 412 g/mol. The van der Waals surface area contributed by atoms with E-state index in [1.165, 1.54) is 12.3 Å². The van der Waals surface area contributed by atoms with Crippen LogP contribution in [0.5, 0.6) is 0 Å². The summed E-state index contributed by atoms with van der Waals surface area (Å²) in [5.74, 6) is 0.375. The molecular formula is C19H14BrN3O3. The molecule has 7 heteroatoms. The molecule has 26 heavy (non-hydrogen) atoms. The summed E-state index contributed by atoms with van der Waals surface area (Å²) in [6.45, 7) is 0. The van der Waals surface area contributed by atoms with Crippen LogP contribution in [0.15, 0.2) is 76.0 Å². The predicted octanol–water partition coefficient (Wildman–Crippen LogP) is 4.34. The number of furan rings is 1. The molecule has 0 saturated carbocycles. The van der Waals surface area contributed by atoms with E-state index >= 15 is 0 Å². The highest BCUT2D eigenvalue weighted by Gasteiger charge is 2.08. The lowest BCUT2D eigenvalue weighted by atomic mass is 10.2. The number of aromatic nitrogens is 1. The van der Waals surface area contributed by atoms with Crippen molar-refractivity contribution < 1.29 is 14.0 Å². The maximum absolute atomic E-state index is 12.3. The first kappa shape index (κ1) is 17.6. The number of rotatable bonds is 5. The Morgan fingerprint density at radius 1 is 1.08 bits per heavy atom. The van der Waals surface area contributed by atoms with Gasteiger partial charge in [0.05, 0.1) is 6.26 Å². The molecule has 6 nitrogen and oxygen atoms in total. The lowest BCUT2D eigenvalue weighted by Gasteiger charge is -2.07. The summed E-state index contributed by atoms with van der Waals surface area (Å²) in [4.78, 5) is 28.4. The van der Waals surface area contributed by atoms with E-state index in [4.69, 9.17) is 4.42 Å². The van der Waals surface area contributed by atoms with Crippen LogP contribution in [0.25, 0.3) is 6.08 Å². The minimum atomic E-state index is -0.325. The summed E-state index contributed by atoms with van der Waals surface area (Å²) in [5.41, 5.74) is 0.915. The van der Waals surface area contributed by atoms with E-state index in [0.717, 1.165) is 4.47 Å². The van der Waals surface area contributed by atoms with Gasteiger partial charge in [0.1, 0.15) is 11.6 Å². The normalized spacial score (nSPS) is 10.7. The fraction of sp³-hybridized carbons (Fsp3) is 0. The summed E-state index contributed by atoms with van der Waals surface area (Å²) in [7, 11) is 0. The van der Waals surface area contributed by atoms with Crippen molar-refractivity contribution in [2.45, 2.75) is 0 Å². The second-order valence-electron chi connectivity index (χ2n) is 5.23. The minimum absolute atomic E-state index is 0.318. The van der Waals surface area contributed by atoms with Crippen molar-refractivity contribution in [3.63, 3.8) is 0 Å². The molecule has 1 aromatic carbocycles. The fourth-order valence-corrected chi connectivity index (χ4v) is 2.34. The van der Waals surface area contributed by atoms with E-state index < -0.39 is 0 Å². The molecule has 2 amide bonds. The van der Waals surface area contributed by atoms with Gasteiger partial charge < -0.3 is 15.1 Å². The quantitative estimate of drug-likeness (QED) is 0.611. The zero-order chi connectivity index (χ0) is 18.4. The Bertz CT molecular complexity index is 935. The zero-order valence-corrected chi connectivity index (χ0v) is 15.1. The maximum Gasteiger partial charge on any atom is 0.256 e. The van der Waals surface area contributed by atoms with Crippen molar-refractivity contribution in [2.75, 3.05) is 10.6 Å². The van der Waals surface area contributed by atoms with Gasteiger partial charge in [-0.25, -0.2) is 4.98 Å². The molecule has 0 saturated heterocycles. The molecule has 0 aliphatic rings. The molecule has 0 bridgehead atoms. The molecule has 0 radical (unpaired) electrons.